The highest BCUT2D eigenvalue weighted by molar-refractivity contribution is 7.15. The van der Waals surface area contributed by atoms with Gasteiger partial charge in [-0.2, -0.15) is 0 Å². The molecular formula is C23H23N3O3S. The number of thiazole rings is 1. The van der Waals surface area contributed by atoms with E-state index in [1.807, 2.05) is 30.3 Å². The molecule has 4 aromatic rings. The molecule has 0 N–H and O–H groups in total. The van der Waals surface area contributed by atoms with Crippen LogP contribution in [0.3, 0.4) is 0 Å². The Hall–Kier alpha value is -3.19. The molecule has 30 heavy (non-hydrogen) atoms. The molecule has 0 saturated carbocycles. The lowest BCUT2D eigenvalue weighted by Crippen LogP contribution is -2.23. The maximum Gasteiger partial charge on any atom is 0.276 e. The molecule has 0 radical (unpaired) electrons. The van der Waals surface area contributed by atoms with Crippen molar-refractivity contribution in [1.82, 2.24) is 14.6 Å². The Labute approximate surface area is 178 Å². The van der Waals surface area contributed by atoms with Crippen molar-refractivity contribution in [2.75, 3.05) is 14.2 Å². The molecule has 0 aliphatic heterocycles. The summed E-state index contributed by atoms with van der Waals surface area (Å²) in [4.78, 5) is 13.7. The van der Waals surface area contributed by atoms with Crippen LogP contribution >= 0.6 is 11.3 Å². The lowest BCUT2D eigenvalue weighted by Gasteiger charge is -2.18. The summed E-state index contributed by atoms with van der Waals surface area (Å²) in [5, 5.41) is 8.47. The molecule has 0 aliphatic carbocycles. The predicted molar refractivity (Wildman–Crippen MR) is 120 cm³/mol. The molecule has 2 aromatic heterocycles. The van der Waals surface area contributed by atoms with Gasteiger partial charge in [0, 0.05) is 17.2 Å². The van der Waals surface area contributed by atoms with E-state index < -0.39 is 0 Å². The van der Waals surface area contributed by atoms with Crippen molar-refractivity contribution in [3.8, 4) is 22.9 Å². The van der Waals surface area contributed by atoms with E-state index in [4.69, 9.17) is 9.47 Å². The van der Waals surface area contributed by atoms with Gasteiger partial charge in [0.25, 0.3) is 5.56 Å². The van der Waals surface area contributed by atoms with Gasteiger partial charge in [-0.3, -0.25) is 4.79 Å². The summed E-state index contributed by atoms with van der Waals surface area (Å²) >= 11 is 1.31. The topological polar surface area (TPSA) is 65.7 Å². The van der Waals surface area contributed by atoms with E-state index in [-0.39, 0.29) is 11.0 Å². The number of benzene rings is 2. The maximum atomic E-state index is 13.1. The molecule has 0 amide bonds. The minimum atomic E-state index is -0.146. The van der Waals surface area contributed by atoms with E-state index in [1.165, 1.54) is 16.9 Å². The van der Waals surface area contributed by atoms with Crippen LogP contribution in [0.15, 0.2) is 47.3 Å². The second kappa shape index (κ2) is 7.57. The zero-order chi connectivity index (χ0) is 21.5. The van der Waals surface area contributed by atoms with Crippen LogP contribution in [-0.4, -0.2) is 28.8 Å². The highest BCUT2D eigenvalue weighted by Gasteiger charge is 2.17. The van der Waals surface area contributed by atoms with E-state index >= 15 is 0 Å². The van der Waals surface area contributed by atoms with Crippen LogP contribution in [0.25, 0.3) is 22.4 Å². The molecule has 0 unspecified atom stereocenters. The van der Waals surface area contributed by atoms with Gasteiger partial charge in [-0.05, 0) is 29.2 Å². The first-order valence-corrected chi connectivity index (χ1v) is 10.4. The van der Waals surface area contributed by atoms with Gasteiger partial charge in [0.05, 0.1) is 18.8 Å². The van der Waals surface area contributed by atoms with Gasteiger partial charge in [-0.25, -0.2) is 4.40 Å². The van der Waals surface area contributed by atoms with Crippen molar-refractivity contribution in [2.24, 2.45) is 0 Å². The van der Waals surface area contributed by atoms with Gasteiger partial charge < -0.3 is 9.47 Å². The average Bonchev–Trinajstić information content (AvgIpc) is 3.28. The second-order valence-corrected chi connectivity index (χ2v) is 9.00. The van der Waals surface area contributed by atoms with Crippen LogP contribution in [0.5, 0.6) is 11.5 Å². The van der Waals surface area contributed by atoms with Crippen molar-refractivity contribution in [2.45, 2.75) is 26.2 Å². The quantitative estimate of drug-likeness (QED) is 0.503. The van der Waals surface area contributed by atoms with Gasteiger partial charge in [0.15, 0.2) is 5.82 Å². The van der Waals surface area contributed by atoms with Crippen LogP contribution in [0.4, 0.5) is 0 Å². The van der Waals surface area contributed by atoms with Crippen LogP contribution < -0.4 is 19.6 Å². The number of fused-ring (bicyclic) bond motifs is 1. The second-order valence-electron chi connectivity index (χ2n) is 7.99. The Bertz CT molecular complexity index is 1310. The summed E-state index contributed by atoms with van der Waals surface area (Å²) in [6.45, 7) is 6.50. The van der Waals surface area contributed by atoms with Gasteiger partial charge in [0.2, 0.25) is 4.96 Å². The van der Waals surface area contributed by atoms with Crippen molar-refractivity contribution in [1.29, 1.82) is 0 Å². The molecule has 154 valence electrons. The summed E-state index contributed by atoms with van der Waals surface area (Å²) in [7, 11) is 3.19. The Balaban J connectivity index is 1.81. The zero-order valence-electron chi connectivity index (χ0n) is 17.6. The Morgan fingerprint density at radius 1 is 1.00 bits per heavy atom. The van der Waals surface area contributed by atoms with Crippen molar-refractivity contribution < 1.29 is 9.47 Å². The summed E-state index contributed by atoms with van der Waals surface area (Å²) in [6.07, 6.45) is 1.81. The fourth-order valence-corrected chi connectivity index (χ4v) is 4.15. The average molecular weight is 422 g/mol. The normalized spacial score (nSPS) is 12.5. The highest BCUT2D eigenvalue weighted by atomic mass is 32.1. The van der Waals surface area contributed by atoms with Gasteiger partial charge >= 0.3 is 0 Å². The number of aromatic nitrogens is 3. The third kappa shape index (κ3) is 3.57. The largest absolute Gasteiger partial charge is 0.497 e. The molecule has 4 rings (SSSR count). The predicted octanol–water partition coefficient (Wildman–Crippen LogP) is 3.68. The van der Waals surface area contributed by atoms with Gasteiger partial charge in [-0.1, -0.05) is 56.4 Å². The summed E-state index contributed by atoms with van der Waals surface area (Å²) in [6, 6.07) is 13.6. The molecule has 0 bridgehead atoms. The number of rotatable bonds is 4. The monoisotopic (exact) mass is 421 g/mol. The summed E-state index contributed by atoms with van der Waals surface area (Å²) in [5.74, 6) is 1.88. The highest BCUT2D eigenvalue weighted by Crippen LogP contribution is 2.26. The molecule has 2 aromatic carbocycles. The molecule has 2 heterocycles. The Morgan fingerprint density at radius 3 is 2.37 bits per heavy atom. The standard InChI is InChI=1S/C23H23N3O3S/c1-23(2,3)16-9-6-14(7-10-16)20-24-25-22-26(20)21(27)19(30-22)12-15-8-11-17(28-4)13-18(15)29-5/h6-13H,1-5H3/b19-12+. The maximum absolute atomic E-state index is 13.1. The third-order valence-electron chi connectivity index (χ3n) is 4.98. The number of methoxy groups -OCH3 is 2. The number of hydrogen-bond acceptors (Lipinski definition) is 6. The molecule has 0 saturated heterocycles. The summed E-state index contributed by atoms with van der Waals surface area (Å²) < 4.78 is 12.8. The third-order valence-corrected chi connectivity index (χ3v) is 5.94. The number of hydrogen-bond donors (Lipinski definition) is 0. The fourth-order valence-electron chi connectivity index (χ4n) is 3.25. The Morgan fingerprint density at radius 2 is 1.73 bits per heavy atom. The first-order chi connectivity index (χ1) is 14.3. The molecule has 0 aliphatic rings. The molecule has 6 nitrogen and oxygen atoms in total. The van der Waals surface area contributed by atoms with E-state index in [9.17, 15) is 4.79 Å². The lowest BCUT2D eigenvalue weighted by molar-refractivity contribution is 0.393. The zero-order valence-corrected chi connectivity index (χ0v) is 18.4. The van der Waals surface area contributed by atoms with E-state index in [0.29, 0.717) is 26.8 Å². The fraction of sp³-hybridized carbons (Fsp3) is 0.261. The first-order valence-electron chi connectivity index (χ1n) is 9.54. The van der Waals surface area contributed by atoms with Gasteiger partial charge in [0.1, 0.15) is 11.5 Å². The molecule has 7 heteroatoms. The van der Waals surface area contributed by atoms with Gasteiger partial charge in [-0.15, -0.1) is 10.2 Å². The minimum absolute atomic E-state index is 0.0598. The van der Waals surface area contributed by atoms with Crippen molar-refractivity contribution in [3.63, 3.8) is 0 Å². The van der Waals surface area contributed by atoms with Crippen LogP contribution in [0.2, 0.25) is 0 Å². The SMILES string of the molecule is COc1ccc(/C=c2/sc3nnc(-c4ccc(C(C)(C)C)cc4)n3c2=O)c(OC)c1. The number of ether oxygens (including phenoxy) is 2. The lowest BCUT2D eigenvalue weighted by atomic mass is 9.87. The van der Waals surface area contributed by atoms with E-state index in [0.717, 1.165) is 11.1 Å². The summed E-state index contributed by atoms with van der Waals surface area (Å²) in [5.41, 5.74) is 2.79. The van der Waals surface area contributed by atoms with E-state index in [2.05, 4.69) is 43.1 Å². The molecule has 0 fully saturated rings. The molecular weight excluding hydrogens is 398 g/mol. The molecule has 0 spiro atoms. The van der Waals surface area contributed by atoms with Crippen molar-refractivity contribution >= 4 is 22.4 Å². The first kappa shape index (κ1) is 20.1. The van der Waals surface area contributed by atoms with Crippen LogP contribution in [-0.2, 0) is 5.41 Å². The van der Waals surface area contributed by atoms with E-state index in [1.54, 1.807) is 24.7 Å². The van der Waals surface area contributed by atoms with Crippen molar-refractivity contribution in [3.05, 3.63) is 68.5 Å². The van der Waals surface area contributed by atoms with Crippen LogP contribution in [0.1, 0.15) is 31.9 Å². The number of nitrogens with zero attached hydrogens (tertiary/aromatic N) is 3. The minimum Gasteiger partial charge on any atom is -0.497 e. The Kier molecular flexibility index (Phi) is 5.07. The van der Waals surface area contributed by atoms with Crippen LogP contribution in [0, 0.1) is 0 Å². The smallest absolute Gasteiger partial charge is 0.276 e. The molecule has 0 atom stereocenters.